The fraction of sp³-hybridized carbons (Fsp3) is 0.615. The molecule has 13 heteroatoms. The quantitative estimate of drug-likeness (QED) is 0.274. The minimum Gasteiger partial charge on any atom is -0.390 e. The molecule has 0 aromatic heterocycles. The highest BCUT2D eigenvalue weighted by atomic mass is 35.5. The van der Waals surface area contributed by atoms with Crippen LogP contribution in [0.3, 0.4) is 0 Å². The maximum Gasteiger partial charge on any atom is 0.418 e. The molecule has 0 heterocycles. The van der Waals surface area contributed by atoms with E-state index >= 15 is 0 Å². The predicted octanol–water partition coefficient (Wildman–Crippen LogP) is 7.49. The minimum atomic E-state index is -5.47. The van der Waals surface area contributed by atoms with E-state index < -0.39 is 71.6 Å². The number of fused-ring (bicyclic) bond motifs is 1. The standard InChI is InChI=1S/C26H27ClF6O5S/c1-12-17-4-16(13(2)38-11-23-6-14-3-15(7-23)9-24(34,8-14)10-23)5-18(39(35,36)37)19(17)21(26(31,32)33)22(27)20(12)25(28,29)30/h4-5,13-15,34H,3,6-11H2,1-2H3,(H,35,36,37). The average molecular weight is 601 g/mol. The normalized spacial score (nSPS) is 29.8. The Morgan fingerprint density at radius 1 is 1.05 bits per heavy atom. The number of hydrogen-bond donors (Lipinski definition) is 2. The van der Waals surface area contributed by atoms with E-state index in [0.717, 1.165) is 51.2 Å². The summed E-state index contributed by atoms with van der Waals surface area (Å²) in [6, 6.07) is 1.81. The summed E-state index contributed by atoms with van der Waals surface area (Å²) in [6.45, 7) is 2.59. The molecule has 216 valence electrons. The zero-order valence-electron chi connectivity index (χ0n) is 21.0. The van der Waals surface area contributed by atoms with Crippen LogP contribution < -0.4 is 0 Å². The van der Waals surface area contributed by atoms with Crippen molar-refractivity contribution >= 4 is 32.5 Å². The Morgan fingerprint density at radius 2 is 1.62 bits per heavy atom. The average Bonchev–Trinajstić information content (AvgIpc) is 2.72. The van der Waals surface area contributed by atoms with Crippen molar-refractivity contribution in [2.75, 3.05) is 6.61 Å². The van der Waals surface area contributed by atoms with E-state index in [4.69, 9.17) is 16.3 Å². The van der Waals surface area contributed by atoms with Gasteiger partial charge in [-0.25, -0.2) is 0 Å². The summed E-state index contributed by atoms with van der Waals surface area (Å²) in [5.74, 6) is 0.715. The summed E-state index contributed by atoms with van der Waals surface area (Å²) in [5, 5.41) is 7.49. The molecule has 39 heavy (non-hydrogen) atoms. The third-order valence-electron chi connectivity index (χ3n) is 8.70. The van der Waals surface area contributed by atoms with Crippen LogP contribution in [-0.4, -0.2) is 30.3 Å². The second-order valence-corrected chi connectivity index (χ2v) is 13.5. The van der Waals surface area contributed by atoms with Crippen molar-refractivity contribution in [1.29, 1.82) is 0 Å². The molecule has 4 aliphatic carbocycles. The number of aryl methyl sites for hydroxylation is 1. The number of rotatable bonds is 5. The third-order valence-corrected chi connectivity index (χ3v) is 9.95. The van der Waals surface area contributed by atoms with Gasteiger partial charge in [-0.05, 0) is 98.3 Å². The minimum absolute atomic E-state index is 0.0229. The number of ether oxygens (including phenoxy) is 1. The smallest absolute Gasteiger partial charge is 0.390 e. The van der Waals surface area contributed by atoms with Crippen LogP contribution in [0, 0.1) is 24.2 Å². The van der Waals surface area contributed by atoms with Gasteiger partial charge in [-0.1, -0.05) is 11.6 Å². The topological polar surface area (TPSA) is 83.8 Å². The molecular weight excluding hydrogens is 574 g/mol. The number of alkyl halides is 6. The molecule has 0 saturated heterocycles. The summed E-state index contributed by atoms with van der Waals surface area (Å²) < 4.78 is 124. The first-order chi connectivity index (χ1) is 17.7. The van der Waals surface area contributed by atoms with Gasteiger partial charge in [0.25, 0.3) is 10.1 Å². The Kier molecular flexibility index (Phi) is 6.63. The van der Waals surface area contributed by atoms with Crippen LogP contribution in [0.2, 0.25) is 5.02 Å². The number of benzene rings is 2. The summed E-state index contributed by atoms with van der Waals surface area (Å²) in [4.78, 5) is -1.21. The molecule has 6 rings (SSSR count). The fourth-order valence-corrected chi connectivity index (χ4v) is 8.94. The van der Waals surface area contributed by atoms with E-state index in [1.54, 1.807) is 0 Å². The predicted molar refractivity (Wildman–Crippen MR) is 130 cm³/mol. The van der Waals surface area contributed by atoms with Gasteiger partial charge in [-0.2, -0.15) is 34.8 Å². The van der Waals surface area contributed by atoms with E-state index in [1.165, 1.54) is 6.92 Å². The Bertz CT molecular complexity index is 1440. The molecule has 4 aliphatic rings. The molecule has 2 aromatic carbocycles. The monoisotopic (exact) mass is 600 g/mol. The Hall–Kier alpha value is -1.60. The zero-order chi connectivity index (χ0) is 28.9. The van der Waals surface area contributed by atoms with Crippen LogP contribution in [0.25, 0.3) is 10.8 Å². The summed E-state index contributed by atoms with van der Waals surface area (Å²) in [7, 11) is -5.34. The largest absolute Gasteiger partial charge is 0.418 e. The van der Waals surface area contributed by atoms with Crippen molar-refractivity contribution in [2.45, 2.75) is 81.3 Å². The van der Waals surface area contributed by atoms with E-state index in [-0.39, 0.29) is 17.6 Å². The van der Waals surface area contributed by atoms with Crippen LogP contribution >= 0.6 is 11.6 Å². The highest BCUT2D eigenvalue weighted by Gasteiger charge is 2.57. The lowest BCUT2D eigenvalue weighted by Gasteiger charge is -2.60. The van der Waals surface area contributed by atoms with Crippen molar-refractivity contribution in [3.8, 4) is 0 Å². The van der Waals surface area contributed by atoms with Crippen LogP contribution in [-0.2, 0) is 27.2 Å². The van der Waals surface area contributed by atoms with Gasteiger partial charge < -0.3 is 9.84 Å². The highest BCUT2D eigenvalue weighted by molar-refractivity contribution is 7.86. The second-order valence-electron chi connectivity index (χ2n) is 11.7. The second kappa shape index (κ2) is 8.95. The van der Waals surface area contributed by atoms with Crippen molar-refractivity contribution in [3.05, 3.63) is 39.4 Å². The molecule has 2 aromatic rings. The molecule has 2 N–H and O–H groups in total. The van der Waals surface area contributed by atoms with E-state index in [1.807, 2.05) is 0 Å². The van der Waals surface area contributed by atoms with Crippen LogP contribution in [0.5, 0.6) is 0 Å². The molecule has 3 atom stereocenters. The molecule has 0 spiro atoms. The zero-order valence-corrected chi connectivity index (χ0v) is 22.6. The fourth-order valence-electron chi connectivity index (χ4n) is 7.73. The lowest BCUT2D eigenvalue weighted by molar-refractivity contribution is -0.185. The Balaban J connectivity index is 1.62. The van der Waals surface area contributed by atoms with Gasteiger partial charge >= 0.3 is 12.4 Å². The van der Waals surface area contributed by atoms with Crippen molar-refractivity contribution in [2.24, 2.45) is 17.3 Å². The lowest BCUT2D eigenvalue weighted by atomic mass is 9.48. The Labute approximate surface area is 226 Å². The van der Waals surface area contributed by atoms with Crippen LogP contribution in [0.1, 0.15) is 73.8 Å². The summed E-state index contributed by atoms with van der Waals surface area (Å²) in [5.41, 5.74) is -5.55. The Morgan fingerprint density at radius 3 is 2.10 bits per heavy atom. The molecule has 4 bridgehead atoms. The van der Waals surface area contributed by atoms with Gasteiger partial charge in [0.15, 0.2) is 0 Å². The number of aliphatic hydroxyl groups is 1. The van der Waals surface area contributed by atoms with E-state index in [0.29, 0.717) is 18.3 Å². The number of hydrogen-bond acceptors (Lipinski definition) is 4. The molecule has 0 radical (unpaired) electrons. The molecule has 0 amide bonds. The van der Waals surface area contributed by atoms with Gasteiger partial charge in [-0.3, -0.25) is 4.55 Å². The molecule has 4 saturated carbocycles. The van der Waals surface area contributed by atoms with Crippen molar-refractivity contribution < 1.29 is 49.2 Å². The highest BCUT2D eigenvalue weighted by Crippen LogP contribution is 2.62. The van der Waals surface area contributed by atoms with Gasteiger partial charge in [-0.15, -0.1) is 0 Å². The maximum atomic E-state index is 14.0. The maximum absolute atomic E-state index is 14.0. The van der Waals surface area contributed by atoms with Gasteiger partial charge in [0.05, 0.1) is 34.5 Å². The van der Waals surface area contributed by atoms with Crippen molar-refractivity contribution in [3.63, 3.8) is 0 Å². The summed E-state index contributed by atoms with van der Waals surface area (Å²) in [6.07, 6.45) is -6.97. The molecule has 4 fully saturated rings. The van der Waals surface area contributed by atoms with Gasteiger partial charge in [0.2, 0.25) is 0 Å². The molecule has 0 aliphatic heterocycles. The van der Waals surface area contributed by atoms with Crippen LogP contribution in [0.4, 0.5) is 26.3 Å². The first kappa shape index (κ1) is 28.9. The molecular formula is C26H27ClF6O5S. The summed E-state index contributed by atoms with van der Waals surface area (Å²) >= 11 is 5.64. The molecule has 3 unspecified atom stereocenters. The van der Waals surface area contributed by atoms with Gasteiger partial charge in [0.1, 0.15) is 4.90 Å². The van der Waals surface area contributed by atoms with E-state index in [2.05, 4.69) is 0 Å². The number of halogens is 7. The van der Waals surface area contributed by atoms with Crippen LogP contribution in [0.15, 0.2) is 17.0 Å². The van der Waals surface area contributed by atoms with E-state index in [9.17, 15) is 44.4 Å². The van der Waals surface area contributed by atoms with Gasteiger partial charge in [0, 0.05) is 5.39 Å². The first-order valence-corrected chi connectivity index (χ1v) is 14.3. The third kappa shape index (κ3) is 5.05. The SMILES string of the molecule is Cc1c(C(F)(F)F)c(Cl)c(C(F)(F)F)c2c(S(=O)(=O)O)cc(C(C)OCC34CC5CC(CC(O)(C5)C3)C4)cc12. The lowest BCUT2D eigenvalue weighted by Crippen LogP contribution is -2.57. The first-order valence-electron chi connectivity index (χ1n) is 12.5. The van der Waals surface area contributed by atoms with Crippen molar-refractivity contribution in [1.82, 2.24) is 0 Å². The molecule has 5 nitrogen and oxygen atoms in total.